The molecule has 0 saturated carbocycles. The van der Waals surface area contributed by atoms with Gasteiger partial charge < -0.3 is 25.3 Å². The number of rotatable bonds is 6. The van der Waals surface area contributed by atoms with E-state index in [4.69, 9.17) is 4.74 Å². The highest BCUT2D eigenvalue weighted by molar-refractivity contribution is 6.01. The highest BCUT2D eigenvalue weighted by atomic mass is 19.1. The quantitative estimate of drug-likeness (QED) is 0.190. The number of carbonyl (C=O) groups is 2. The lowest BCUT2D eigenvalue weighted by atomic mass is 10.2. The first-order valence-electron chi connectivity index (χ1n) is 13.9. The highest BCUT2D eigenvalue weighted by Crippen LogP contribution is 2.35. The van der Waals surface area contributed by atoms with Crippen molar-refractivity contribution in [3.8, 4) is 11.6 Å². The van der Waals surface area contributed by atoms with Crippen LogP contribution < -0.4 is 15.4 Å². The molecule has 0 aliphatic rings. The number of hydrogen-bond donors (Lipinski definition) is 3. The lowest BCUT2D eigenvalue weighted by Crippen LogP contribution is -2.24. The Morgan fingerprint density at radius 1 is 1.02 bits per heavy atom. The van der Waals surface area contributed by atoms with Crippen LogP contribution in [0.4, 0.5) is 24.7 Å². The Balaban J connectivity index is 0.00000187. The van der Waals surface area contributed by atoms with Crippen molar-refractivity contribution < 1.29 is 27.5 Å². The van der Waals surface area contributed by atoms with Crippen molar-refractivity contribution >= 4 is 34.2 Å². The number of allylic oxidation sites excluding steroid dienone is 1. The second-order valence-electron chi connectivity index (χ2n) is 8.31. The van der Waals surface area contributed by atoms with Gasteiger partial charge in [0.05, 0.1) is 12.7 Å². The summed E-state index contributed by atoms with van der Waals surface area (Å²) in [5, 5.41) is 5.54. The maximum absolute atomic E-state index is 15.1. The van der Waals surface area contributed by atoms with Crippen LogP contribution in [0.1, 0.15) is 61.0 Å². The summed E-state index contributed by atoms with van der Waals surface area (Å²) < 4.78 is 44.8. The standard InChI is InChI=1S/C24H22F2N6O3.C3H6.2C2H6.CH3F/c1-12-9-15-19(26)17(10-16(25)20(15)30-12)35-23-18(24(34)32(3)4)21(28-11-29-23)31-14-7-5-13(6-8-14)22(33)27-2;1-3-2;3*1-2/h5-11,30H,1-4H3,(H,27,33)(H,28,29,31);3H,1H2,2H3;2*1-2H3;1H3. The van der Waals surface area contributed by atoms with Crippen molar-refractivity contribution in [2.24, 2.45) is 0 Å². The molecule has 4 rings (SSSR count). The number of alkyl halides is 1. The number of carbonyl (C=O) groups excluding carboxylic acids is 2. The van der Waals surface area contributed by atoms with Crippen molar-refractivity contribution in [2.45, 2.75) is 41.5 Å². The van der Waals surface area contributed by atoms with Crippen LogP contribution in [0.3, 0.4) is 0 Å². The molecular formula is C32H43F3N6O3. The number of anilines is 2. The van der Waals surface area contributed by atoms with Crippen molar-refractivity contribution in [1.82, 2.24) is 25.2 Å². The van der Waals surface area contributed by atoms with Gasteiger partial charge in [0, 0.05) is 49.5 Å². The number of H-pyrrole nitrogens is 1. The number of nitrogens with zero attached hydrogens (tertiary/aromatic N) is 3. The summed E-state index contributed by atoms with van der Waals surface area (Å²) in [6.07, 6.45) is 2.89. The van der Waals surface area contributed by atoms with E-state index in [0.29, 0.717) is 24.1 Å². The predicted octanol–water partition coefficient (Wildman–Crippen LogP) is 7.97. The smallest absolute Gasteiger partial charge is 0.262 e. The van der Waals surface area contributed by atoms with Crippen molar-refractivity contribution in [3.05, 3.63) is 83.8 Å². The molecule has 0 spiro atoms. The van der Waals surface area contributed by atoms with Gasteiger partial charge >= 0.3 is 0 Å². The van der Waals surface area contributed by atoms with Gasteiger partial charge in [-0.25, -0.2) is 18.7 Å². The molecule has 0 atom stereocenters. The minimum Gasteiger partial charge on any atom is -0.435 e. The SMILES string of the molecule is C=CC.CC.CC.CF.CNC(=O)c1ccc(Nc2ncnc(Oc3cc(F)c4[nH]c(C)cc4c3F)c2C(=O)N(C)C)cc1. The van der Waals surface area contributed by atoms with Gasteiger partial charge in [0.15, 0.2) is 23.2 Å². The number of halogens is 3. The number of fused-ring (bicyclic) bond motifs is 1. The Bertz CT molecular complexity index is 1490. The van der Waals surface area contributed by atoms with E-state index in [1.54, 1.807) is 37.3 Å². The second kappa shape index (κ2) is 20.1. The van der Waals surface area contributed by atoms with E-state index in [0.717, 1.165) is 12.4 Å². The molecule has 0 fully saturated rings. The fourth-order valence-electron chi connectivity index (χ4n) is 3.46. The molecule has 12 heteroatoms. The first-order valence-corrected chi connectivity index (χ1v) is 13.9. The molecule has 0 unspecified atom stereocenters. The molecule has 0 aliphatic heterocycles. The Morgan fingerprint density at radius 3 is 2.11 bits per heavy atom. The zero-order chi connectivity index (χ0) is 34.0. The van der Waals surface area contributed by atoms with Gasteiger partial charge in [-0.2, -0.15) is 0 Å². The monoisotopic (exact) mass is 616 g/mol. The zero-order valence-corrected chi connectivity index (χ0v) is 27.0. The Kier molecular flexibility index (Phi) is 17.9. The average molecular weight is 617 g/mol. The Labute approximate surface area is 257 Å². The third-order valence-corrected chi connectivity index (χ3v) is 5.18. The highest BCUT2D eigenvalue weighted by Gasteiger charge is 2.25. The summed E-state index contributed by atoms with van der Waals surface area (Å²) in [4.78, 5) is 37.0. The Morgan fingerprint density at radius 2 is 1.59 bits per heavy atom. The third kappa shape index (κ3) is 10.1. The first-order chi connectivity index (χ1) is 21.1. The molecule has 0 saturated heterocycles. The summed E-state index contributed by atoms with van der Waals surface area (Å²) in [6, 6.07) is 8.81. The van der Waals surface area contributed by atoms with Crippen LogP contribution in [0.5, 0.6) is 11.6 Å². The molecule has 2 amide bonds. The van der Waals surface area contributed by atoms with Gasteiger partial charge in [-0.1, -0.05) is 33.8 Å². The van der Waals surface area contributed by atoms with Crippen LogP contribution in [-0.2, 0) is 0 Å². The average Bonchev–Trinajstić information content (AvgIpc) is 3.45. The van der Waals surface area contributed by atoms with Gasteiger partial charge in [-0.15, -0.1) is 6.58 Å². The van der Waals surface area contributed by atoms with Gasteiger partial charge in [0.2, 0.25) is 5.88 Å². The number of aromatic amines is 1. The number of amides is 2. The van der Waals surface area contributed by atoms with Crippen LogP contribution in [0.15, 0.2) is 55.4 Å². The lowest BCUT2D eigenvalue weighted by molar-refractivity contribution is 0.0824. The molecular weight excluding hydrogens is 573 g/mol. The molecule has 0 bridgehead atoms. The minimum absolute atomic E-state index is 0.0154. The molecule has 2 aromatic heterocycles. The van der Waals surface area contributed by atoms with Gasteiger partial charge in [-0.05, 0) is 44.2 Å². The first kappa shape index (κ1) is 39.1. The van der Waals surface area contributed by atoms with Gasteiger partial charge in [0.25, 0.3) is 11.8 Å². The summed E-state index contributed by atoms with van der Waals surface area (Å²) in [5.41, 5.74) is 1.48. The normalized spacial score (nSPS) is 9.30. The maximum Gasteiger partial charge on any atom is 0.262 e. The third-order valence-electron chi connectivity index (χ3n) is 5.18. The summed E-state index contributed by atoms with van der Waals surface area (Å²) in [6.45, 7) is 14.9. The zero-order valence-electron chi connectivity index (χ0n) is 27.0. The van der Waals surface area contributed by atoms with Gasteiger partial charge in [-0.3, -0.25) is 14.0 Å². The molecule has 240 valence electrons. The van der Waals surface area contributed by atoms with Crippen LogP contribution >= 0.6 is 0 Å². The number of hydrogen-bond acceptors (Lipinski definition) is 6. The fourth-order valence-corrected chi connectivity index (χ4v) is 3.46. The van der Waals surface area contributed by atoms with Crippen molar-refractivity contribution in [1.29, 1.82) is 0 Å². The lowest BCUT2D eigenvalue weighted by Gasteiger charge is -2.17. The van der Waals surface area contributed by atoms with E-state index >= 15 is 4.39 Å². The molecule has 2 aromatic carbocycles. The molecule has 0 aliphatic carbocycles. The van der Waals surface area contributed by atoms with Gasteiger partial charge in [0.1, 0.15) is 11.9 Å². The fraction of sp³-hybridized carbons (Fsp3) is 0.312. The summed E-state index contributed by atoms with van der Waals surface area (Å²) in [7, 11) is 5.07. The van der Waals surface area contributed by atoms with E-state index in [-0.39, 0.29) is 34.1 Å². The van der Waals surface area contributed by atoms with Crippen LogP contribution in [-0.4, -0.2) is 60.0 Å². The number of benzene rings is 2. The number of aryl methyl sites for hydroxylation is 1. The van der Waals surface area contributed by atoms with Crippen molar-refractivity contribution in [3.63, 3.8) is 0 Å². The molecule has 0 radical (unpaired) electrons. The number of ether oxygens (including phenoxy) is 1. The van der Waals surface area contributed by atoms with E-state index in [2.05, 4.69) is 32.2 Å². The van der Waals surface area contributed by atoms with E-state index < -0.39 is 23.3 Å². The topological polar surface area (TPSA) is 112 Å². The predicted molar refractivity (Wildman–Crippen MR) is 172 cm³/mol. The largest absolute Gasteiger partial charge is 0.435 e. The van der Waals surface area contributed by atoms with Crippen LogP contribution in [0, 0.1) is 18.6 Å². The van der Waals surface area contributed by atoms with E-state index in [1.165, 1.54) is 32.1 Å². The van der Waals surface area contributed by atoms with E-state index in [9.17, 15) is 18.4 Å². The van der Waals surface area contributed by atoms with E-state index in [1.807, 2.05) is 34.6 Å². The number of nitrogens with one attached hydrogen (secondary N) is 3. The summed E-state index contributed by atoms with van der Waals surface area (Å²) >= 11 is 0. The molecule has 44 heavy (non-hydrogen) atoms. The Hall–Kier alpha value is -4.87. The van der Waals surface area contributed by atoms with Crippen molar-refractivity contribution in [2.75, 3.05) is 33.6 Å². The summed E-state index contributed by atoms with van der Waals surface area (Å²) in [5.74, 6) is -2.89. The second-order valence-corrected chi connectivity index (χ2v) is 8.31. The minimum atomic E-state index is -0.799. The molecule has 4 aromatic rings. The molecule has 9 nitrogen and oxygen atoms in total. The number of aromatic nitrogens is 3. The molecule has 3 N–H and O–H groups in total. The van der Waals surface area contributed by atoms with Crippen LogP contribution in [0.25, 0.3) is 10.9 Å². The maximum atomic E-state index is 15.1. The van der Waals surface area contributed by atoms with Crippen LogP contribution in [0.2, 0.25) is 0 Å². The molecule has 2 heterocycles.